The maximum atomic E-state index is 13.2. The molecule has 2 atom stereocenters. The van der Waals surface area contributed by atoms with Gasteiger partial charge in [-0.05, 0) is 47.0 Å². The van der Waals surface area contributed by atoms with Gasteiger partial charge in [0.25, 0.3) is 5.91 Å². The van der Waals surface area contributed by atoms with E-state index in [2.05, 4.69) is 22.8 Å². The Morgan fingerprint density at radius 3 is 2.89 bits per heavy atom. The zero-order valence-corrected chi connectivity index (χ0v) is 16.6. The molecule has 0 fully saturated rings. The van der Waals surface area contributed by atoms with Gasteiger partial charge in [-0.2, -0.15) is 0 Å². The highest BCUT2D eigenvalue weighted by Gasteiger charge is 2.37. The summed E-state index contributed by atoms with van der Waals surface area (Å²) < 4.78 is 5.83. The summed E-state index contributed by atoms with van der Waals surface area (Å²) in [6.45, 7) is 0.653. The van der Waals surface area contributed by atoms with Crippen LogP contribution in [0.5, 0.6) is 5.75 Å². The van der Waals surface area contributed by atoms with Crippen LogP contribution in [0.4, 0.5) is 5.69 Å². The van der Waals surface area contributed by atoms with Gasteiger partial charge in [0.05, 0.1) is 18.2 Å². The maximum Gasteiger partial charge on any atom is 0.266 e. The highest BCUT2D eigenvalue weighted by atomic mass is 32.1. The molecule has 142 valence electrons. The van der Waals surface area contributed by atoms with E-state index in [1.807, 2.05) is 28.5 Å². The molecule has 1 aromatic carbocycles. The molecule has 2 unspecified atom stereocenters. The van der Waals surface area contributed by atoms with Crippen LogP contribution in [-0.2, 0) is 16.0 Å². The summed E-state index contributed by atoms with van der Waals surface area (Å²) in [7, 11) is 0. The lowest BCUT2D eigenvalue weighted by Gasteiger charge is -2.36. The third-order valence-corrected chi connectivity index (χ3v) is 7.09. The minimum absolute atomic E-state index is 0.0293. The molecule has 4 heterocycles. The number of benzene rings is 1. The number of para-hydroxylation sites is 2. The van der Waals surface area contributed by atoms with Crippen molar-refractivity contribution in [3.63, 3.8) is 0 Å². The number of ether oxygens (including phenoxy) is 1. The Balaban J connectivity index is 1.40. The molecule has 0 bridgehead atoms. The van der Waals surface area contributed by atoms with Gasteiger partial charge in [0, 0.05) is 16.3 Å². The van der Waals surface area contributed by atoms with Crippen molar-refractivity contribution in [1.29, 1.82) is 0 Å². The number of carbonyl (C=O) groups excluding carboxylic acids is 2. The van der Waals surface area contributed by atoms with Crippen LogP contribution >= 0.6 is 22.7 Å². The number of nitrogens with one attached hydrogen (secondary N) is 1. The summed E-state index contributed by atoms with van der Waals surface area (Å²) >= 11 is 3.40. The normalized spacial score (nSPS) is 20.7. The average molecular weight is 411 g/mol. The van der Waals surface area contributed by atoms with Crippen molar-refractivity contribution < 1.29 is 14.3 Å². The predicted octanol–water partition coefficient (Wildman–Crippen LogP) is 4.07. The fourth-order valence-electron chi connectivity index (χ4n) is 3.84. The molecule has 1 N–H and O–H groups in total. The van der Waals surface area contributed by atoms with Gasteiger partial charge < -0.3 is 15.0 Å². The van der Waals surface area contributed by atoms with E-state index < -0.39 is 6.10 Å². The summed E-state index contributed by atoms with van der Waals surface area (Å²) in [6.07, 6.45) is 0.0677. The van der Waals surface area contributed by atoms with Gasteiger partial charge in [-0.3, -0.25) is 9.59 Å². The van der Waals surface area contributed by atoms with Crippen molar-refractivity contribution in [3.05, 3.63) is 68.5 Å². The van der Waals surface area contributed by atoms with Crippen LogP contribution in [0.15, 0.2) is 53.2 Å². The molecular weight excluding hydrogens is 392 g/mol. The number of fused-ring (bicyclic) bond motifs is 2. The Labute approximate surface area is 170 Å². The quantitative estimate of drug-likeness (QED) is 0.708. The van der Waals surface area contributed by atoms with Crippen LogP contribution in [0.1, 0.15) is 27.8 Å². The van der Waals surface area contributed by atoms with Crippen molar-refractivity contribution in [2.45, 2.75) is 25.0 Å². The number of thiophene rings is 2. The lowest BCUT2D eigenvalue weighted by atomic mass is 9.97. The van der Waals surface area contributed by atoms with Crippen LogP contribution in [-0.4, -0.2) is 29.4 Å². The Bertz CT molecular complexity index is 1030. The fourth-order valence-corrected chi connectivity index (χ4v) is 5.60. The lowest BCUT2D eigenvalue weighted by molar-refractivity contribution is -0.138. The van der Waals surface area contributed by atoms with E-state index in [-0.39, 0.29) is 24.3 Å². The number of carbonyl (C=O) groups is 2. The van der Waals surface area contributed by atoms with E-state index in [4.69, 9.17) is 4.74 Å². The fraction of sp³-hybridized carbons (Fsp3) is 0.238. The molecule has 0 aliphatic carbocycles. The van der Waals surface area contributed by atoms with E-state index in [9.17, 15) is 9.59 Å². The minimum Gasteiger partial charge on any atom is -0.478 e. The van der Waals surface area contributed by atoms with Gasteiger partial charge in [0.1, 0.15) is 5.75 Å². The molecule has 3 aromatic rings. The van der Waals surface area contributed by atoms with Gasteiger partial charge in [-0.25, -0.2) is 0 Å². The summed E-state index contributed by atoms with van der Waals surface area (Å²) in [5, 5.41) is 6.96. The number of rotatable bonds is 3. The molecular formula is C21H18N2O3S2. The molecule has 5 nitrogen and oxygen atoms in total. The number of amides is 2. The zero-order chi connectivity index (χ0) is 19.1. The molecule has 2 aliphatic rings. The molecule has 2 aliphatic heterocycles. The van der Waals surface area contributed by atoms with Gasteiger partial charge >= 0.3 is 0 Å². The number of hydrogen-bond acceptors (Lipinski definition) is 5. The summed E-state index contributed by atoms with van der Waals surface area (Å²) in [6, 6.07) is 13.4. The summed E-state index contributed by atoms with van der Waals surface area (Å²) in [4.78, 5) is 30.1. The Kier molecular flexibility index (Phi) is 4.41. The smallest absolute Gasteiger partial charge is 0.266 e. The Morgan fingerprint density at radius 1 is 1.14 bits per heavy atom. The largest absolute Gasteiger partial charge is 0.478 e. The van der Waals surface area contributed by atoms with Crippen LogP contribution in [0.2, 0.25) is 0 Å². The predicted molar refractivity (Wildman–Crippen MR) is 110 cm³/mol. The summed E-state index contributed by atoms with van der Waals surface area (Å²) in [5.41, 5.74) is 1.85. The number of nitrogens with zero attached hydrogens (tertiary/aromatic N) is 1. The van der Waals surface area contributed by atoms with Crippen molar-refractivity contribution in [2.24, 2.45) is 0 Å². The van der Waals surface area contributed by atoms with Crippen molar-refractivity contribution in [3.8, 4) is 5.75 Å². The highest BCUT2D eigenvalue weighted by molar-refractivity contribution is 7.10. The van der Waals surface area contributed by atoms with E-state index in [1.54, 1.807) is 34.8 Å². The van der Waals surface area contributed by atoms with Crippen LogP contribution in [0.25, 0.3) is 0 Å². The second kappa shape index (κ2) is 7.07. The minimum atomic E-state index is -0.810. The summed E-state index contributed by atoms with van der Waals surface area (Å²) in [5.74, 6) is 0.274. The number of anilines is 1. The SMILES string of the molecule is O=C1Nc2ccccc2OC1CC(=O)N1CCc2sccc2C1c1cccs1. The molecule has 0 spiro atoms. The first-order chi connectivity index (χ1) is 13.7. The van der Waals surface area contributed by atoms with E-state index >= 15 is 0 Å². The third kappa shape index (κ3) is 3.00. The third-order valence-electron chi connectivity index (χ3n) is 5.17. The first-order valence-electron chi connectivity index (χ1n) is 9.16. The van der Waals surface area contributed by atoms with Gasteiger partial charge in [-0.15, -0.1) is 22.7 Å². The zero-order valence-electron chi connectivity index (χ0n) is 15.0. The van der Waals surface area contributed by atoms with Crippen molar-refractivity contribution >= 4 is 40.2 Å². The molecule has 0 saturated carbocycles. The molecule has 0 radical (unpaired) electrons. The van der Waals surface area contributed by atoms with E-state index in [0.717, 1.165) is 11.3 Å². The molecule has 2 amide bonds. The highest BCUT2D eigenvalue weighted by Crippen LogP contribution is 2.40. The maximum absolute atomic E-state index is 13.2. The lowest BCUT2D eigenvalue weighted by Crippen LogP contribution is -2.45. The van der Waals surface area contributed by atoms with Gasteiger partial charge in [-0.1, -0.05) is 18.2 Å². The van der Waals surface area contributed by atoms with E-state index in [1.165, 1.54) is 10.4 Å². The average Bonchev–Trinajstić information content (AvgIpc) is 3.39. The van der Waals surface area contributed by atoms with Gasteiger partial charge in [0.15, 0.2) is 6.10 Å². The second-order valence-electron chi connectivity index (χ2n) is 6.85. The first kappa shape index (κ1) is 17.5. The molecule has 7 heteroatoms. The molecule has 5 rings (SSSR count). The van der Waals surface area contributed by atoms with Gasteiger partial charge in [0.2, 0.25) is 5.91 Å². The van der Waals surface area contributed by atoms with Crippen LogP contribution in [0, 0.1) is 0 Å². The topological polar surface area (TPSA) is 58.6 Å². The van der Waals surface area contributed by atoms with E-state index in [0.29, 0.717) is 18.0 Å². The molecule has 28 heavy (non-hydrogen) atoms. The van der Waals surface area contributed by atoms with Crippen molar-refractivity contribution in [1.82, 2.24) is 4.90 Å². The van der Waals surface area contributed by atoms with Crippen LogP contribution < -0.4 is 10.1 Å². The molecule has 0 saturated heterocycles. The first-order valence-corrected chi connectivity index (χ1v) is 10.9. The Hall–Kier alpha value is -2.64. The number of hydrogen-bond donors (Lipinski definition) is 1. The second-order valence-corrected chi connectivity index (χ2v) is 8.83. The monoisotopic (exact) mass is 410 g/mol. The van der Waals surface area contributed by atoms with Crippen LogP contribution in [0.3, 0.4) is 0 Å². The standard InChI is InChI=1S/C21H18N2O3S2/c24-19(12-16-21(25)22-14-4-1-2-5-15(14)26-16)23-9-7-17-13(8-11-28-17)20(23)18-6-3-10-27-18/h1-6,8,10-11,16,20H,7,9,12H2,(H,22,25). The molecule has 2 aromatic heterocycles. The van der Waals surface area contributed by atoms with Crippen molar-refractivity contribution in [2.75, 3.05) is 11.9 Å². The Morgan fingerprint density at radius 2 is 2.04 bits per heavy atom.